The minimum Gasteiger partial charge on any atom is -0.469 e. The van der Waals surface area contributed by atoms with E-state index < -0.39 is 0 Å². The topological polar surface area (TPSA) is 61.5 Å². The molecule has 0 aromatic carbocycles. The maximum atomic E-state index is 11.1. The highest BCUT2D eigenvalue weighted by Crippen LogP contribution is 2.41. The predicted octanol–water partition coefficient (Wildman–Crippen LogP) is 1.00. The van der Waals surface area contributed by atoms with Crippen molar-refractivity contribution in [2.45, 2.75) is 32.1 Å². The van der Waals surface area contributed by atoms with Crippen LogP contribution in [-0.2, 0) is 14.4 Å². The van der Waals surface area contributed by atoms with E-state index in [0.29, 0.717) is 13.0 Å². The van der Waals surface area contributed by atoms with Crippen molar-refractivity contribution in [3.8, 4) is 0 Å². The summed E-state index contributed by atoms with van der Waals surface area (Å²) < 4.78 is 4.65. The highest BCUT2D eigenvalue weighted by Gasteiger charge is 2.36. The second-order valence-electron chi connectivity index (χ2n) is 3.77. The van der Waals surface area contributed by atoms with Gasteiger partial charge in [0.1, 0.15) is 0 Å². The van der Waals surface area contributed by atoms with Crippen LogP contribution in [0.4, 0.5) is 0 Å². The van der Waals surface area contributed by atoms with Gasteiger partial charge in [-0.05, 0) is 12.8 Å². The standard InChI is InChI=1S/C9H17NO3/c1-12-8(11)6-9(7-13-10)4-2-3-5-9/h2-7,10H2,1H3. The Balaban J connectivity index is 2.51. The summed E-state index contributed by atoms with van der Waals surface area (Å²) in [4.78, 5) is 15.8. The van der Waals surface area contributed by atoms with E-state index in [1.54, 1.807) is 0 Å². The van der Waals surface area contributed by atoms with Crippen molar-refractivity contribution in [3.63, 3.8) is 0 Å². The summed E-state index contributed by atoms with van der Waals surface area (Å²) >= 11 is 0. The van der Waals surface area contributed by atoms with Crippen LogP contribution in [0, 0.1) is 5.41 Å². The van der Waals surface area contributed by atoms with Crippen molar-refractivity contribution in [1.29, 1.82) is 0 Å². The van der Waals surface area contributed by atoms with Crippen LogP contribution in [0.15, 0.2) is 0 Å². The van der Waals surface area contributed by atoms with Gasteiger partial charge in [0, 0.05) is 5.41 Å². The average molecular weight is 187 g/mol. The van der Waals surface area contributed by atoms with Crippen LogP contribution in [-0.4, -0.2) is 19.7 Å². The summed E-state index contributed by atoms with van der Waals surface area (Å²) in [6.45, 7) is 0.460. The van der Waals surface area contributed by atoms with E-state index >= 15 is 0 Å². The maximum Gasteiger partial charge on any atom is 0.306 e. The molecule has 0 aliphatic heterocycles. The van der Waals surface area contributed by atoms with Crippen LogP contribution in [0.3, 0.4) is 0 Å². The van der Waals surface area contributed by atoms with E-state index in [9.17, 15) is 4.79 Å². The van der Waals surface area contributed by atoms with Gasteiger partial charge in [0.05, 0.1) is 20.1 Å². The number of carbonyl (C=O) groups excluding carboxylic acids is 1. The fourth-order valence-electron chi connectivity index (χ4n) is 2.05. The van der Waals surface area contributed by atoms with Gasteiger partial charge < -0.3 is 9.57 Å². The van der Waals surface area contributed by atoms with Crippen molar-refractivity contribution in [2.24, 2.45) is 11.3 Å². The summed E-state index contributed by atoms with van der Waals surface area (Å²) in [5.74, 6) is 4.89. The zero-order valence-electron chi connectivity index (χ0n) is 8.04. The third-order valence-corrected chi connectivity index (χ3v) is 2.80. The van der Waals surface area contributed by atoms with E-state index in [1.165, 1.54) is 7.11 Å². The molecule has 0 aromatic heterocycles. The molecule has 1 saturated carbocycles. The molecule has 1 rings (SSSR count). The third kappa shape index (κ3) is 2.67. The molecule has 0 spiro atoms. The van der Waals surface area contributed by atoms with Gasteiger partial charge in [-0.25, -0.2) is 5.90 Å². The summed E-state index contributed by atoms with van der Waals surface area (Å²) in [6.07, 6.45) is 4.76. The Morgan fingerprint density at radius 3 is 2.54 bits per heavy atom. The SMILES string of the molecule is COC(=O)CC1(CON)CCCC1. The number of esters is 1. The normalized spacial score (nSPS) is 20.2. The average Bonchev–Trinajstić information content (AvgIpc) is 2.54. The number of rotatable bonds is 4. The first kappa shape index (κ1) is 10.5. The Kier molecular flexibility index (Phi) is 3.69. The van der Waals surface area contributed by atoms with Crippen molar-refractivity contribution >= 4 is 5.97 Å². The number of hydrogen-bond acceptors (Lipinski definition) is 4. The molecular formula is C9H17NO3. The number of methoxy groups -OCH3 is 1. The summed E-state index contributed by atoms with van der Waals surface area (Å²) in [5, 5.41) is 0. The fourth-order valence-corrected chi connectivity index (χ4v) is 2.05. The van der Waals surface area contributed by atoms with E-state index in [0.717, 1.165) is 25.7 Å². The Bertz CT molecular complexity index is 176. The molecule has 4 heteroatoms. The van der Waals surface area contributed by atoms with E-state index in [-0.39, 0.29) is 11.4 Å². The number of carbonyl (C=O) groups is 1. The zero-order chi connectivity index (χ0) is 9.73. The molecule has 2 N–H and O–H groups in total. The van der Waals surface area contributed by atoms with Crippen LogP contribution < -0.4 is 5.90 Å². The molecule has 1 fully saturated rings. The minimum absolute atomic E-state index is 0.0537. The maximum absolute atomic E-state index is 11.1. The van der Waals surface area contributed by atoms with Gasteiger partial charge >= 0.3 is 5.97 Å². The van der Waals surface area contributed by atoms with Crippen LogP contribution in [0.2, 0.25) is 0 Å². The second-order valence-corrected chi connectivity index (χ2v) is 3.77. The highest BCUT2D eigenvalue weighted by atomic mass is 16.6. The van der Waals surface area contributed by atoms with Crippen LogP contribution >= 0.6 is 0 Å². The van der Waals surface area contributed by atoms with Crippen molar-refractivity contribution in [3.05, 3.63) is 0 Å². The number of nitrogens with two attached hydrogens (primary N) is 1. The number of ether oxygens (including phenoxy) is 1. The zero-order valence-corrected chi connectivity index (χ0v) is 8.04. The molecule has 0 aromatic rings. The first-order valence-electron chi connectivity index (χ1n) is 4.61. The first-order chi connectivity index (χ1) is 6.22. The van der Waals surface area contributed by atoms with Gasteiger partial charge in [-0.1, -0.05) is 12.8 Å². The van der Waals surface area contributed by atoms with Crippen molar-refractivity contribution < 1.29 is 14.4 Å². The molecule has 0 unspecified atom stereocenters. The molecule has 4 nitrogen and oxygen atoms in total. The largest absolute Gasteiger partial charge is 0.469 e. The monoisotopic (exact) mass is 187 g/mol. The molecule has 0 bridgehead atoms. The van der Waals surface area contributed by atoms with E-state index in [4.69, 9.17) is 5.90 Å². The van der Waals surface area contributed by atoms with Crippen LogP contribution in [0.5, 0.6) is 0 Å². The molecular weight excluding hydrogens is 170 g/mol. The van der Waals surface area contributed by atoms with Gasteiger partial charge in [0.15, 0.2) is 0 Å². The molecule has 0 amide bonds. The molecule has 0 radical (unpaired) electrons. The van der Waals surface area contributed by atoms with Gasteiger partial charge in [-0.3, -0.25) is 4.79 Å². The van der Waals surface area contributed by atoms with Crippen molar-refractivity contribution in [1.82, 2.24) is 0 Å². The van der Waals surface area contributed by atoms with Crippen molar-refractivity contribution in [2.75, 3.05) is 13.7 Å². The lowest BCUT2D eigenvalue weighted by atomic mass is 9.84. The van der Waals surface area contributed by atoms with Gasteiger partial charge in [-0.2, -0.15) is 0 Å². The quantitative estimate of drug-likeness (QED) is 0.527. The third-order valence-electron chi connectivity index (χ3n) is 2.80. The summed E-state index contributed by atoms with van der Waals surface area (Å²) in [5.41, 5.74) is -0.0537. The smallest absolute Gasteiger partial charge is 0.306 e. The predicted molar refractivity (Wildman–Crippen MR) is 47.7 cm³/mol. The molecule has 1 aliphatic carbocycles. The number of hydrogen-bond donors (Lipinski definition) is 1. The van der Waals surface area contributed by atoms with E-state index in [1.807, 2.05) is 0 Å². The molecule has 76 valence electrons. The lowest BCUT2D eigenvalue weighted by molar-refractivity contribution is -0.144. The molecule has 0 heterocycles. The van der Waals surface area contributed by atoms with Crippen LogP contribution in [0.25, 0.3) is 0 Å². The summed E-state index contributed by atoms with van der Waals surface area (Å²) in [7, 11) is 1.41. The lowest BCUT2D eigenvalue weighted by Crippen LogP contribution is -2.28. The lowest BCUT2D eigenvalue weighted by Gasteiger charge is -2.25. The fraction of sp³-hybridized carbons (Fsp3) is 0.889. The van der Waals surface area contributed by atoms with E-state index in [2.05, 4.69) is 9.57 Å². The molecule has 0 saturated heterocycles. The summed E-state index contributed by atoms with van der Waals surface area (Å²) in [6, 6.07) is 0. The Morgan fingerprint density at radius 1 is 1.46 bits per heavy atom. The van der Waals surface area contributed by atoms with Gasteiger partial charge in [0.2, 0.25) is 0 Å². The molecule has 0 atom stereocenters. The van der Waals surface area contributed by atoms with Gasteiger partial charge in [-0.15, -0.1) is 0 Å². The van der Waals surface area contributed by atoms with Gasteiger partial charge in [0.25, 0.3) is 0 Å². The Labute approximate surface area is 78.3 Å². The highest BCUT2D eigenvalue weighted by molar-refractivity contribution is 5.70. The molecule has 13 heavy (non-hydrogen) atoms. The Hall–Kier alpha value is -0.610. The molecule has 1 aliphatic rings. The minimum atomic E-state index is -0.168. The second kappa shape index (κ2) is 4.58. The Morgan fingerprint density at radius 2 is 2.08 bits per heavy atom. The van der Waals surface area contributed by atoms with Crippen LogP contribution in [0.1, 0.15) is 32.1 Å². The first-order valence-corrected chi connectivity index (χ1v) is 4.61.